The Hall–Kier alpha value is -0.0800. The molecule has 0 nitrogen and oxygen atoms in total. The van der Waals surface area contributed by atoms with Gasteiger partial charge < -0.3 is 0 Å². The smallest absolute Gasteiger partial charge is 0.0154 e. The highest BCUT2D eigenvalue weighted by Crippen LogP contribution is 2.10. The van der Waals surface area contributed by atoms with Gasteiger partial charge in [0.1, 0.15) is 0 Å². The van der Waals surface area contributed by atoms with Crippen LogP contribution in [0.25, 0.3) is 0 Å². The Morgan fingerprint density at radius 1 is 0.786 bits per heavy atom. The standard InChI is InChI=1S/C12H18S2/c13-9-3-1-2-4-11-5-7-12(10-14)8-6-11/h5-8,13-14H,1-4,9-10H2. The van der Waals surface area contributed by atoms with Gasteiger partial charge in [0.2, 0.25) is 0 Å². The lowest BCUT2D eigenvalue weighted by Crippen LogP contribution is -1.87. The summed E-state index contributed by atoms with van der Waals surface area (Å²) in [6.45, 7) is 0. The molecule has 1 aromatic carbocycles. The van der Waals surface area contributed by atoms with Crippen LogP contribution in [0.4, 0.5) is 0 Å². The van der Waals surface area contributed by atoms with E-state index in [0.717, 1.165) is 11.5 Å². The van der Waals surface area contributed by atoms with Crippen LogP contribution in [-0.4, -0.2) is 5.75 Å². The molecule has 0 fully saturated rings. The minimum absolute atomic E-state index is 0.833. The minimum atomic E-state index is 0.833. The van der Waals surface area contributed by atoms with E-state index in [4.69, 9.17) is 0 Å². The fourth-order valence-corrected chi connectivity index (χ4v) is 1.86. The Bertz CT molecular complexity index is 241. The summed E-state index contributed by atoms with van der Waals surface area (Å²) in [5.41, 5.74) is 2.74. The van der Waals surface area contributed by atoms with E-state index in [-0.39, 0.29) is 0 Å². The average molecular weight is 226 g/mol. The molecule has 0 saturated carbocycles. The van der Waals surface area contributed by atoms with Gasteiger partial charge in [-0.2, -0.15) is 25.3 Å². The van der Waals surface area contributed by atoms with E-state index in [2.05, 4.69) is 49.5 Å². The molecule has 0 bridgehead atoms. The molecule has 0 aliphatic heterocycles. The molecule has 2 heteroatoms. The van der Waals surface area contributed by atoms with Crippen molar-refractivity contribution in [3.63, 3.8) is 0 Å². The number of benzene rings is 1. The Balaban J connectivity index is 2.29. The third-order valence-electron chi connectivity index (χ3n) is 2.33. The molecule has 0 amide bonds. The molecule has 78 valence electrons. The van der Waals surface area contributed by atoms with E-state index < -0.39 is 0 Å². The molecule has 0 aromatic heterocycles. The van der Waals surface area contributed by atoms with Crippen LogP contribution in [0.15, 0.2) is 24.3 Å². The van der Waals surface area contributed by atoms with Crippen LogP contribution in [0.2, 0.25) is 0 Å². The van der Waals surface area contributed by atoms with Crippen LogP contribution in [-0.2, 0) is 12.2 Å². The van der Waals surface area contributed by atoms with Gasteiger partial charge in [0.05, 0.1) is 0 Å². The monoisotopic (exact) mass is 226 g/mol. The second-order valence-electron chi connectivity index (χ2n) is 3.51. The van der Waals surface area contributed by atoms with Crippen molar-refractivity contribution < 1.29 is 0 Å². The summed E-state index contributed by atoms with van der Waals surface area (Å²) in [6.07, 6.45) is 5.00. The van der Waals surface area contributed by atoms with Crippen LogP contribution >= 0.6 is 25.3 Å². The maximum absolute atomic E-state index is 4.23. The normalized spacial score (nSPS) is 10.4. The molecule has 0 unspecified atom stereocenters. The van der Waals surface area contributed by atoms with Gasteiger partial charge in [-0.05, 0) is 36.1 Å². The molecular formula is C12H18S2. The number of rotatable bonds is 6. The summed E-state index contributed by atoms with van der Waals surface area (Å²) in [7, 11) is 0. The summed E-state index contributed by atoms with van der Waals surface area (Å²) in [5.74, 6) is 1.85. The molecule has 0 aliphatic carbocycles. The maximum Gasteiger partial charge on any atom is 0.0154 e. The summed E-state index contributed by atoms with van der Waals surface area (Å²) in [5, 5.41) is 0. The van der Waals surface area contributed by atoms with Crippen molar-refractivity contribution in [2.75, 3.05) is 5.75 Å². The summed E-state index contributed by atoms with van der Waals surface area (Å²) < 4.78 is 0. The molecule has 0 radical (unpaired) electrons. The molecule has 14 heavy (non-hydrogen) atoms. The van der Waals surface area contributed by atoms with Crippen LogP contribution < -0.4 is 0 Å². The Morgan fingerprint density at radius 2 is 1.43 bits per heavy atom. The van der Waals surface area contributed by atoms with Crippen molar-refractivity contribution in [2.24, 2.45) is 0 Å². The lowest BCUT2D eigenvalue weighted by Gasteiger charge is -2.02. The first-order valence-electron chi connectivity index (χ1n) is 5.16. The van der Waals surface area contributed by atoms with Crippen molar-refractivity contribution in [1.82, 2.24) is 0 Å². The van der Waals surface area contributed by atoms with E-state index in [1.165, 1.54) is 36.8 Å². The van der Waals surface area contributed by atoms with Gasteiger partial charge in [-0.25, -0.2) is 0 Å². The van der Waals surface area contributed by atoms with Gasteiger partial charge in [0, 0.05) is 5.75 Å². The van der Waals surface area contributed by atoms with E-state index in [0.29, 0.717) is 0 Å². The molecule has 0 N–H and O–H groups in total. The summed E-state index contributed by atoms with van der Waals surface area (Å²) in [6, 6.07) is 8.76. The zero-order valence-electron chi connectivity index (χ0n) is 8.45. The van der Waals surface area contributed by atoms with Crippen molar-refractivity contribution in [3.8, 4) is 0 Å². The van der Waals surface area contributed by atoms with Gasteiger partial charge >= 0.3 is 0 Å². The minimum Gasteiger partial charge on any atom is -0.179 e. The zero-order valence-corrected chi connectivity index (χ0v) is 10.2. The van der Waals surface area contributed by atoms with Crippen molar-refractivity contribution in [1.29, 1.82) is 0 Å². The third-order valence-corrected chi connectivity index (χ3v) is 3.01. The number of aryl methyl sites for hydroxylation is 1. The number of hydrogen-bond donors (Lipinski definition) is 2. The van der Waals surface area contributed by atoms with Crippen LogP contribution in [0, 0.1) is 0 Å². The van der Waals surface area contributed by atoms with Gasteiger partial charge in [-0.1, -0.05) is 30.7 Å². The largest absolute Gasteiger partial charge is 0.179 e. The highest BCUT2D eigenvalue weighted by atomic mass is 32.1. The topological polar surface area (TPSA) is 0 Å². The Morgan fingerprint density at radius 3 is 2.00 bits per heavy atom. The molecule has 0 saturated heterocycles. The first-order valence-corrected chi connectivity index (χ1v) is 6.43. The Labute approximate surface area is 97.9 Å². The second-order valence-corrected chi connectivity index (χ2v) is 4.27. The summed E-state index contributed by atoms with van der Waals surface area (Å²) in [4.78, 5) is 0. The van der Waals surface area contributed by atoms with Crippen molar-refractivity contribution in [3.05, 3.63) is 35.4 Å². The van der Waals surface area contributed by atoms with Crippen LogP contribution in [0.1, 0.15) is 30.4 Å². The highest BCUT2D eigenvalue weighted by molar-refractivity contribution is 7.80. The fraction of sp³-hybridized carbons (Fsp3) is 0.500. The molecule has 0 heterocycles. The van der Waals surface area contributed by atoms with Gasteiger partial charge in [-0.15, -0.1) is 0 Å². The van der Waals surface area contributed by atoms with E-state index in [1.54, 1.807) is 0 Å². The van der Waals surface area contributed by atoms with Gasteiger partial charge in [0.25, 0.3) is 0 Å². The predicted octanol–water partition coefficient (Wildman–Crippen LogP) is 3.76. The summed E-state index contributed by atoms with van der Waals surface area (Å²) >= 11 is 8.43. The lowest BCUT2D eigenvalue weighted by atomic mass is 10.1. The van der Waals surface area contributed by atoms with Crippen molar-refractivity contribution >= 4 is 25.3 Å². The third kappa shape index (κ3) is 4.43. The zero-order chi connectivity index (χ0) is 10.2. The molecular weight excluding hydrogens is 208 g/mol. The van der Waals surface area contributed by atoms with Crippen molar-refractivity contribution in [2.45, 2.75) is 31.4 Å². The molecule has 0 spiro atoms. The lowest BCUT2D eigenvalue weighted by molar-refractivity contribution is 0.723. The molecule has 0 aliphatic rings. The maximum atomic E-state index is 4.23. The second kappa shape index (κ2) is 7.24. The SMILES string of the molecule is SCCCCCc1ccc(CS)cc1. The highest BCUT2D eigenvalue weighted by Gasteiger charge is 1.94. The molecule has 1 aromatic rings. The fourth-order valence-electron chi connectivity index (χ4n) is 1.43. The molecule has 1 rings (SSSR count). The van der Waals surface area contributed by atoms with E-state index in [9.17, 15) is 0 Å². The number of thiol groups is 2. The number of unbranched alkanes of at least 4 members (excludes halogenated alkanes) is 2. The Kier molecular flexibility index (Phi) is 6.20. The van der Waals surface area contributed by atoms with Gasteiger partial charge in [0.15, 0.2) is 0 Å². The van der Waals surface area contributed by atoms with E-state index in [1.807, 2.05) is 0 Å². The van der Waals surface area contributed by atoms with Gasteiger partial charge in [-0.3, -0.25) is 0 Å². The van der Waals surface area contributed by atoms with Crippen LogP contribution in [0.5, 0.6) is 0 Å². The van der Waals surface area contributed by atoms with E-state index >= 15 is 0 Å². The first kappa shape index (κ1) is 12.0. The quantitative estimate of drug-likeness (QED) is 0.535. The number of hydrogen-bond acceptors (Lipinski definition) is 2. The first-order chi connectivity index (χ1) is 6.86. The van der Waals surface area contributed by atoms with Crippen LogP contribution in [0.3, 0.4) is 0 Å². The molecule has 0 atom stereocenters. The average Bonchev–Trinajstić information content (AvgIpc) is 2.25. The predicted molar refractivity (Wildman–Crippen MR) is 70.5 cm³/mol.